The van der Waals surface area contributed by atoms with Gasteiger partial charge in [0.15, 0.2) is 0 Å². The Morgan fingerprint density at radius 2 is 1.28 bits per heavy atom. The summed E-state index contributed by atoms with van der Waals surface area (Å²) in [5, 5.41) is 6.84. The van der Waals surface area contributed by atoms with Gasteiger partial charge in [0.2, 0.25) is 0 Å². The van der Waals surface area contributed by atoms with Crippen LogP contribution in [0.2, 0.25) is 0 Å². The second-order valence-electron chi connectivity index (χ2n) is 6.51. The molecular formula is C22H32N2O. The van der Waals surface area contributed by atoms with E-state index in [1.807, 2.05) is 12.1 Å². The molecule has 2 rings (SSSR count). The van der Waals surface area contributed by atoms with Crippen LogP contribution in [0, 0.1) is 6.92 Å². The van der Waals surface area contributed by atoms with Gasteiger partial charge in [0.1, 0.15) is 5.75 Å². The van der Waals surface area contributed by atoms with Crippen molar-refractivity contribution in [3.05, 3.63) is 54.1 Å². The standard InChI is InChI=1S/C22H32N2O/c1-3-4-5-6-7-18-25-22-14-12-21(13-15-22)24-17-16-23-20-10-8-19(2)9-11-20/h8-15,23-24H,3-7,16-18H2,1-2H3. The van der Waals surface area contributed by atoms with Crippen LogP contribution in [0.3, 0.4) is 0 Å². The molecule has 0 bridgehead atoms. The zero-order valence-corrected chi connectivity index (χ0v) is 15.7. The third-order valence-corrected chi connectivity index (χ3v) is 4.21. The zero-order chi connectivity index (χ0) is 17.7. The maximum absolute atomic E-state index is 5.79. The van der Waals surface area contributed by atoms with Crippen molar-refractivity contribution in [2.75, 3.05) is 30.3 Å². The minimum atomic E-state index is 0.816. The molecule has 3 heteroatoms. The van der Waals surface area contributed by atoms with Gasteiger partial charge in [0.05, 0.1) is 6.61 Å². The first-order valence-electron chi connectivity index (χ1n) is 9.55. The van der Waals surface area contributed by atoms with Crippen LogP contribution in [-0.2, 0) is 0 Å². The molecule has 3 nitrogen and oxygen atoms in total. The summed E-state index contributed by atoms with van der Waals surface area (Å²) in [6.07, 6.45) is 6.35. The smallest absolute Gasteiger partial charge is 0.119 e. The van der Waals surface area contributed by atoms with Gasteiger partial charge >= 0.3 is 0 Å². The van der Waals surface area contributed by atoms with Crippen LogP contribution in [-0.4, -0.2) is 19.7 Å². The summed E-state index contributed by atoms with van der Waals surface area (Å²) in [7, 11) is 0. The number of hydrogen-bond acceptors (Lipinski definition) is 3. The normalized spacial score (nSPS) is 10.5. The summed E-state index contributed by atoms with van der Waals surface area (Å²) in [5.74, 6) is 0.957. The van der Waals surface area contributed by atoms with Crippen LogP contribution in [0.1, 0.15) is 44.6 Å². The van der Waals surface area contributed by atoms with Crippen LogP contribution in [0.25, 0.3) is 0 Å². The van der Waals surface area contributed by atoms with Crippen molar-refractivity contribution in [3.8, 4) is 5.75 Å². The molecule has 136 valence electrons. The highest BCUT2D eigenvalue weighted by atomic mass is 16.5. The lowest BCUT2D eigenvalue weighted by Gasteiger charge is -2.10. The molecule has 2 N–H and O–H groups in total. The fourth-order valence-electron chi connectivity index (χ4n) is 2.65. The molecule has 0 aliphatic rings. The van der Waals surface area contributed by atoms with Gasteiger partial charge in [-0.2, -0.15) is 0 Å². The Morgan fingerprint density at radius 1 is 0.720 bits per heavy atom. The SMILES string of the molecule is CCCCCCCOc1ccc(NCCNc2ccc(C)cc2)cc1. The van der Waals surface area contributed by atoms with Crippen molar-refractivity contribution in [2.24, 2.45) is 0 Å². The van der Waals surface area contributed by atoms with E-state index in [4.69, 9.17) is 4.74 Å². The second kappa shape index (κ2) is 11.4. The Balaban J connectivity index is 1.59. The monoisotopic (exact) mass is 340 g/mol. The lowest BCUT2D eigenvalue weighted by molar-refractivity contribution is 0.304. The number of benzene rings is 2. The van der Waals surface area contributed by atoms with E-state index >= 15 is 0 Å². The molecule has 0 aliphatic heterocycles. The van der Waals surface area contributed by atoms with E-state index in [-0.39, 0.29) is 0 Å². The van der Waals surface area contributed by atoms with Crippen LogP contribution >= 0.6 is 0 Å². The van der Waals surface area contributed by atoms with E-state index in [9.17, 15) is 0 Å². The maximum atomic E-state index is 5.79. The van der Waals surface area contributed by atoms with E-state index in [1.165, 1.54) is 31.2 Å². The van der Waals surface area contributed by atoms with E-state index in [1.54, 1.807) is 0 Å². The average molecular weight is 341 g/mol. The van der Waals surface area contributed by atoms with Crippen LogP contribution in [0.4, 0.5) is 11.4 Å². The van der Waals surface area contributed by atoms with Gasteiger partial charge in [0.25, 0.3) is 0 Å². The molecule has 0 heterocycles. The highest BCUT2D eigenvalue weighted by molar-refractivity contribution is 5.47. The van der Waals surface area contributed by atoms with E-state index in [0.29, 0.717) is 0 Å². The Hall–Kier alpha value is -2.16. The third kappa shape index (κ3) is 7.97. The molecular weight excluding hydrogens is 308 g/mol. The first-order valence-corrected chi connectivity index (χ1v) is 9.55. The van der Waals surface area contributed by atoms with E-state index < -0.39 is 0 Å². The third-order valence-electron chi connectivity index (χ3n) is 4.21. The van der Waals surface area contributed by atoms with Gasteiger partial charge < -0.3 is 15.4 Å². The van der Waals surface area contributed by atoms with Crippen molar-refractivity contribution >= 4 is 11.4 Å². The number of nitrogens with one attached hydrogen (secondary N) is 2. The first kappa shape index (κ1) is 19.2. The molecule has 0 fully saturated rings. The summed E-state index contributed by atoms with van der Waals surface area (Å²) >= 11 is 0. The van der Waals surface area contributed by atoms with Gasteiger partial charge in [-0.25, -0.2) is 0 Å². The van der Waals surface area contributed by atoms with Crippen molar-refractivity contribution in [1.29, 1.82) is 0 Å². The predicted octanol–water partition coefficient (Wildman–Crippen LogP) is 5.87. The van der Waals surface area contributed by atoms with Gasteiger partial charge in [-0.3, -0.25) is 0 Å². The largest absolute Gasteiger partial charge is 0.494 e. The molecule has 0 spiro atoms. The lowest BCUT2D eigenvalue weighted by Crippen LogP contribution is -2.13. The lowest BCUT2D eigenvalue weighted by atomic mass is 10.2. The summed E-state index contributed by atoms with van der Waals surface area (Å²) < 4.78 is 5.79. The van der Waals surface area contributed by atoms with Gasteiger partial charge in [-0.1, -0.05) is 50.3 Å². The molecule has 0 amide bonds. The Morgan fingerprint density at radius 3 is 1.88 bits per heavy atom. The first-order chi connectivity index (χ1) is 12.3. The molecule has 0 saturated carbocycles. The Kier molecular flexibility index (Phi) is 8.74. The van der Waals surface area contributed by atoms with Crippen molar-refractivity contribution in [1.82, 2.24) is 0 Å². The number of unbranched alkanes of at least 4 members (excludes halogenated alkanes) is 4. The van der Waals surface area contributed by atoms with Crippen LogP contribution in [0.5, 0.6) is 5.75 Å². The zero-order valence-electron chi connectivity index (χ0n) is 15.7. The molecule has 0 saturated heterocycles. The summed E-state index contributed by atoms with van der Waals surface area (Å²) in [6, 6.07) is 16.7. The van der Waals surface area contributed by atoms with Crippen LogP contribution < -0.4 is 15.4 Å². The fraction of sp³-hybridized carbons (Fsp3) is 0.455. The molecule has 0 atom stereocenters. The highest BCUT2D eigenvalue weighted by Crippen LogP contribution is 2.16. The number of rotatable bonds is 12. The van der Waals surface area contributed by atoms with Gasteiger partial charge in [-0.05, 0) is 49.7 Å². The minimum Gasteiger partial charge on any atom is -0.494 e. The number of anilines is 2. The molecule has 2 aromatic rings. The van der Waals surface area contributed by atoms with Crippen molar-refractivity contribution in [2.45, 2.75) is 46.0 Å². The molecule has 0 aromatic heterocycles. The molecule has 0 aliphatic carbocycles. The Bertz CT molecular complexity index is 578. The van der Waals surface area contributed by atoms with Gasteiger partial charge in [-0.15, -0.1) is 0 Å². The number of hydrogen-bond donors (Lipinski definition) is 2. The fourth-order valence-corrected chi connectivity index (χ4v) is 2.65. The quantitative estimate of drug-likeness (QED) is 0.474. The van der Waals surface area contributed by atoms with Crippen molar-refractivity contribution in [3.63, 3.8) is 0 Å². The maximum Gasteiger partial charge on any atom is 0.119 e. The topological polar surface area (TPSA) is 33.3 Å². The molecule has 0 unspecified atom stereocenters. The summed E-state index contributed by atoms with van der Waals surface area (Å²) in [6.45, 7) is 6.93. The molecule has 25 heavy (non-hydrogen) atoms. The number of ether oxygens (including phenoxy) is 1. The predicted molar refractivity (Wildman–Crippen MR) is 109 cm³/mol. The van der Waals surface area contributed by atoms with Gasteiger partial charge in [0, 0.05) is 24.5 Å². The average Bonchev–Trinajstić information content (AvgIpc) is 2.64. The van der Waals surface area contributed by atoms with Crippen molar-refractivity contribution < 1.29 is 4.74 Å². The second-order valence-corrected chi connectivity index (χ2v) is 6.51. The highest BCUT2D eigenvalue weighted by Gasteiger charge is 1.97. The van der Waals surface area contributed by atoms with E-state index in [2.05, 4.69) is 60.9 Å². The van der Waals surface area contributed by atoms with Crippen LogP contribution in [0.15, 0.2) is 48.5 Å². The number of aryl methyl sites for hydroxylation is 1. The summed E-state index contributed by atoms with van der Waals surface area (Å²) in [4.78, 5) is 0. The molecule has 0 radical (unpaired) electrons. The minimum absolute atomic E-state index is 0.816. The Labute approximate surface area is 152 Å². The van der Waals surface area contributed by atoms with E-state index in [0.717, 1.165) is 43.2 Å². The summed E-state index contributed by atoms with van der Waals surface area (Å²) in [5.41, 5.74) is 3.57. The molecule has 2 aromatic carbocycles.